The molecule has 1 fully saturated rings. The Kier molecular flexibility index (Phi) is 5.65. The third-order valence-electron chi connectivity index (χ3n) is 4.59. The maximum absolute atomic E-state index is 13.1. The fraction of sp³-hybridized carbons (Fsp3) is 0.421. The summed E-state index contributed by atoms with van der Waals surface area (Å²) < 4.78 is 19.4. The summed E-state index contributed by atoms with van der Waals surface area (Å²) in [6, 6.07) is 6.66. The summed E-state index contributed by atoms with van der Waals surface area (Å²) in [7, 11) is 1.39. The molecule has 1 aromatic heterocycles. The number of rotatable bonds is 4. The predicted molar refractivity (Wildman–Crippen MR) is 95.3 cm³/mol. The van der Waals surface area contributed by atoms with Crippen LogP contribution in [0.5, 0.6) is 5.75 Å². The van der Waals surface area contributed by atoms with E-state index in [2.05, 4.69) is 10.4 Å². The van der Waals surface area contributed by atoms with Crippen LogP contribution in [0.1, 0.15) is 49.0 Å². The molecule has 0 bridgehead atoms. The molecular weight excluding hydrogens is 337 g/mol. The first-order chi connectivity index (χ1) is 12.6. The highest BCUT2D eigenvalue weighted by atomic mass is 19.1. The van der Waals surface area contributed by atoms with Crippen molar-refractivity contribution in [2.45, 2.75) is 44.6 Å². The molecule has 1 amide bonds. The van der Waals surface area contributed by atoms with E-state index < -0.39 is 11.4 Å². The average Bonchev–Trinajstić information content (AvgIpc) is 2.91. The smallest absolute Gasteiger partial charge is 0.275 e. The highest BCUT2D eigenvalue weighted by molar-refractivity contribution is 5.95. The minimum absolute atomic E-state index is 0.0423. The van der Waals surface area contributed by atoms with E-state index in [-0.39, 0.29) is 23.4 Å². The van der Waals surface area contributed by atoms with Gasteiger partial charge in [-0.3, -0.25) is 9.59 Å². The molecule has 1 saturated carbocycles. The third kappa shape index (κ3) is 4.09. The molecule has 6 nitrogen and oxygen atoms in total. The number of aromatic nitrogens is 2. The Labute approximate surface area is 151 Å². The van der Waals surface area contributed by atoms with Gasteiger partial charge in [-0.05, 0) is 37.1 Å². The first kappa shape index (κ1) is 18.1. The molecule has 0 saturated heterocycles. The van der Waals surface area contributed by atoms with Gasteiger partial charge in [0.05, 0.1) is 18.9 Å². The first-order valence-electron chi connectivity index (χ1n) is 8.83. The average molecular weight is 359 g/mol. The Morgan fingerprint density at radius 1 is 1.19 bits per heavy atom. The topological polar surface area (TPSA) is 73.2 Å². The van der Waals surface area contributed by atoms with Gasteiger partial charge >= 0.3 is 0 Å². The zero-order valence-corrected chi connectivity index (χ0v) is 14.7. The number of ether oxygens (including phenoxy) is 1. The molecule has 1 aliphatic carbocycles. The van der Waals surface area contributed by atoms with Crippen molar-refractivity contribution < 1.29 is 13.9 Å². The molecular formula is C19H22FN3O3. The van der Waals surface area contributed by atoms with Crippen LogP contribution in [-0.2, 0) is 0 Å². The number of amides is 1. The van der Waals surface area contributed by atoms with Crippen molar-refractivity contribution in [3.8, 4) is 11.4 Å². The van der Waals surface area contributed by atoms with E-state index in [9.17, 15) is 14.0 Å². The van der Waals surface area contributed by atoms with Gasteiger partial charge in [0.15, 0.2) is 11.4 Å². The normalized spacial score (nSPS) is 15.3. The van der Waals surface area contributed by atoms with Gasteiger partial charge in [-0.1, -0.05) is 25.7 Å². The lowest BCUT2D eigenvalue weighted by molar-refractivity contribution is 0.0923. The number of carbonyl (C=O) groups excluding carboxylic acids is 1. The molecule has 0 unspecified atom stereocenters. The monoisotopic (exact) mass is 359 g/mol. The second-order valence-corrected chi connectivity index (χ2v) is 6.45. The van der Waals surface area contributed by atoms with Crippen molar-refractivity contribution in [3.05, 3.63) is 52.2 Å². The molecule has 1 N–H and O–H groups in total. The predicted octanol–water partition coefficient (Wildman–Crippen LogP) is 2.83. The first-order valence-corrected chi connectivity index (χ1v) is 8.83. The van der Waals surface area contributed by atoms with E-state index in [4.69, 9.17) is 4.74 Å². The molecule has 1 aliphatic rings. The Morgan fingerprint density at radius 2 is 1.85 bits per heavy atom. The summed E-state index contributed by atoms with van der Waals surface area (Å²) >= 11 is 0. The van der Waals surface area contributed by atoms with E-state index in [1.54, 1.807) is 0 Å². The van der Waals surface area contributed by atoms with Crippen LogP contribution >= 0.6 is 0 Å². The fourth-order valence-corrected chi connectivity index (χ4v) is 3.20. The number of hydrogen-bond acceptors (Lipinski definition) is 4. The summed E-state index contributed by atoms with van der Waals surface area (Å²) in [5.74, 6) is -0.661. The highest BCUT2D eigenvalue weighted by Crippen LogP contribution is 2.19. The van der Waals surface area contributed by atoms with E-state index in [1.165, 1.54) is 50.3 Å². The molecule has 0 spiro atoms. The van der Waals surface area contributed by atoms with Gasteiger partial charge in [0.2, 0.25) is 0 Å². The Morgan fingerprint density at radius 3 is 2.46 bits per heavy atom. The van der Waals surface area contributed by atoms with Gasteiger partial charge < -0.3 is 10.1 Å². The lowest BCUT2D eigenvalue weighted by atomic mass is 10.1. The van der Waals surface area contributed by atoms with Crippen molar-refractivity contribution in [2.24, 2.45) is 0 Å². The van der Waals surface area contributed by atoms with Gasteiger partial charge in [-0.15, -0.1) is 0 Å². The van der Waals surface area contributed by atoms with Crippen LogP contribution in [0.15, 0.2) is 35.1 Å². The van der Waals surface area contributed by atoms with Crippen LogP contribution in [0.2, 0.25) is 0 Å². The fourth-order valence-electron chi connectivity index (χ4n) is 3.20. The van der Waals surface area contributed by atoms with E-state index in [0.29, 0.717) is 5.69 Å². The summed E-state index contributed by atoms with van der Waals surface area (Å²) in [5.41, 5.74) is -0.0392. The number of nitrogens with zero attached hydrogens (tertiary/aromatic N) is 2. The van der Waals surface area contributed by atoms with Gasteiger partial charge in [-0.25, -0.2) is 4.39 Å². The second-order valence-electron chi connectivity index (χ2n) is 6.45. The molecule has 3 rings (SSSR count). The Balaban J connectivity index is 1.91. The van der Waals surface area contributed by atoms with Gasteiger partial charge in [-0.2, -0.15) is 9.78 Å². The summed E-state index contributed by atoms with van der Waals surface area (Å²) in [6.07, 6.45) is 6.42. The van der Waals surface area contributed by atoms with Crippen molar-refractivity contribution in [1.82, 2.24) is 15.1 Å². The lowest BCUT2D eigenvalue weighted by Crippen LogP contribution is -2.36. The highest BCUT2D eigenvalue weighted by Gasteiger charge is 2.21. The van der Waals surface area contributed by atoms with Crippen molar-refractivity contribution >= 4 is 5.91 Å². The minimum atomic E-state index is -0.459. The maximum atomic E-state index is 13.1. The van der Waals surface area contributed by atoms with E-state index in [1.807, 2.05) is 0 Å². The molecule has 1 heterocycles. The molecule has 0 aliphatic heterocycles. The maximum Gasteiger partial charge on any atom is 0.275 e. The minimum Gasteiger partial charge on any atom is -0.494 e. The van der Waals surface area contributed by atoms with E-state index >= 15 is 0 Å². The number of benzene rings is 1. The molecule has 138 valence electrons. The zero-order chi connectivity index (χ0) is 18.5. The van der Waals surface area contributed by atoms with Crippen LogP contribution in [0.3, 0.4) is 0 Å². The number of carbonyl (C=O) groups is 1. The quantitative estimate of drug-likeness (QED) is 0.852. The third-order valence-corrected chi connectivity index (χ3v) is 4.59. The number of hydrogen-bond donors (Lipinski definition) is 1. The Bertz CT molecular complexity index is 825. The van der Waals surface area contributed by atoms with Crippen molar-refractivity contribution in [1.29, 1.82) is 0 Å². The van der Waals surface area contributed by atoms with Gasteiger partial charge in [0, 0.05) is 6.04 Å². The van der Waals surface area contributed by atoms with Crippen molar-refractivity contribution in [2.75, 3.05) is 7.11 Å². The number of halogens is 1. The van der Waals surface area contributed by atoms with Gasteiger partial charge in [0.1, 0.15) is 5.82 Å². The van der Waals surface area contributed by atoms with Crippen molar-refractivity contribution in [3.63, 3.8) is 0 Å². The van der Waals surface area contributed by atoms with Crippen LogP contribution in [-0.4, -0.2) is 28.8 Å². The zero-order valence-electron chi connectivity index (χ0n) is 14.7. The molecule has 1 aromatic carbocycles. The number of methoxy groups -OCH3 is 1. The van der Waals surface area contributed by atoms with Gasteiger partial charge in [0.25, 0.3) is 11.5 Å². The molecule has 7 heteroatoms. The summed E-state index contributed by atoms with van der Waals surface area (Å²) in [4.78, 5) is 25.0. The molecule has 0 radical (unpaired) electrons. The molecule has 2 aromatic rings. The SMILES string of the molecule is COc1cc(=O)n(-c2ccc(F)cc2)nc1C(=O)NC1CCCCCC1. The van der Waals surface area contributed by atoms with Crippen LogP contribution in [0.25, 0.3) is 5.69 Å². The van der Waals surface area contributed by atoms with Crippen LogP contribution in [0, 0.1) is 5.82 Å². The number of nitrogens with one attached hydrogen (secondary N) is 1. The summed E-state index contributed by atoms with van der Waals surface area (Å²) in [6.45, 7) is 0. The summed E-state index contributed by atoms with van der Waals surface area (Å²) in [5, 5.41) is 7.18. The lowest BCUT2D eigenvalue weighted by Gasteiger charge is -2.17. The Hall–Kier alpha value is -2.70. The van der Waals surface area contributed by atoms with E-state index in [0.717, 1.165) is 30.4 Å². The van der Waals surface area contributed by atoms with Crippen LogP contribution < -0.4 is 15.6 Å². The molecule has 26 heavy (non-hydrogen) atoms. The largest absolute Gasteiger partial charge is 0.494 e. The molecule has 0 atom stereocenters. The standard InChI is InChI=1S/C19H22FN3O3/c1-26-16-12-17(24)23(15-10-8-13(20)9-11-15)22-18(16)19(25)21-14-6-4-2-3-5-7-14/h8-12,14H,2-7H2,1H3,(H,21,25). The van der Waals surface area contributed by atoms with Crippen LogP contribution in [0.4, 0.5) is 4.39 Å². The second kappa shape index (κ2) is 8.12.